The third kappa shape index (κ3) is 3.37. The maximum Gasteiger partial charge on any atom is 0.329 e. The average molecular weight is 229 g/mol. The molecule has 92 valence electrons. The molecule has 0 aromatic heterocycles. The van der Waals surface area contributed by atoms with Crippen molar-refractivity contribution in [2.75, 3.05) is 20.6 Å². The number of hydrogen-bond donors (Lipinski definition) is 3. The first kappa shape index (κ1) is 12.8. The minimum atomic E-state index is -1.01. The third-order valence-electron chi connectivity index (χ3n) is 2.53. The van der Waals surface area contributed by atoms with Gasteiger partial charge < -0.3 is 20.6 Å². The molecule has 1 rings (SSSR count). The third-order valence-corrected chi connectivity index (χ3v) is 2.53. The Kier molecular flexibility index (Phi) is 3.74. The van der Waals surface area contributed by atoms with Crippen molar-refractivity contribution in [3.05, 3.63) is 0 Å². The average Bonchev–Trinajstić information content (AvgIpc) is 2.82. The van der Waals surface area contributed by atoms with E-state index in [1.54, 1.807) is 0 Å². The molecule has 1 aliphatic rings. The minimum absolute atomic E-state index is 0.0143. The number of hydrogen-bond acceptors (Lipinski definition) is 3. The summed E-state index contributed by atoms with van der Waals surface area (Å²) in [6.07, 6.45) is 1.02. The van der Waals surface area contributed by atoms with Crippen molar-refractivity contribution in [1.29, 1.82) is 0 Å². The highest BCUT2D eigenvalue weighted by molar-refractivity contribution is 5.88. The van der Waals surface area contributed by atoms with Crippen LogP contribution in [0, 0.1) is 0 Å². The summed E-state index contributed by atoms with van der Waals surface area (Å²) < 4.78 is 0. The normalized spacial score (nSPS) is 19.0. The van der Waals surface area contributed by atoms with Gasteiger partial charge in [-0.15, -0.1) is 0 Å². The van der Waals surface area contributed by atoms with Crippen LogP contribution in [0.1, 0.15) is 19.8 Å². The molecule has 1 fully saturated rings. The smallest absolute Gasteiger partial charge is 0.329 e. The Morgan fingerprint density at radius 1 is 1.44 bits per heavy atom. The van der Waals surface area contributed by atoms with Crippen LogP contribution in [0.3, 0.4) is 0 Å². The number of carbonyl (C=O) groups is 2. The maximum absolute atomic E-state index is 11.5. The second-order valence-electron chi connectivity index (χ2n) is 4.65. The van der Waals surface area contributed by atoms with Crippen molar-refractivity contribution in [2.24, 2.45) is 0 Å². The molecule has 0 aliphatic heterocycles. The van der Waals surface area contributed by atoms with Crippen LogP contribution in [0.25, 0.3) is 0 Å². The van der Waals surface area contributed by atoms with Gasteiger partial charge in [0.15, 0.2) is 0 Å². The topological polar surface area (TPSA) is 81.7 Å². The fourth-order valence-electron chi connectivity index (χ4n) is 1.59. The summed E-state index contributed by atoms with van der Waals surface area (Å²) in [6.45, 7) is 2.59. The molecule has 1 aliphatic carbocycles. The van der Waals surface area contributed by atoms with Gasteiger partial charge in [0.25, 0.3) is 0 Å². The van der Waals surface area contributed by atoms with Crippen LogP contribution in [0.5, 0.6) is 0 Å². The lowest BCUT2D eigenvalue weighted by Crippen LogP contribution is -2.51. The number of amides is 2. The van der Waals surface area contributed by atoms with E-state index in [-0.39, 0.29) is 6.04 Å². The van der Waals surface area contributed by atoms with Gasteiger partial charge in [0.05, 0.1) is 0 Å². The predicted octanol–water partition coefficient (Wildman–Crippen LogP) is -0.147. The van der Waals surface area contributed by atoms with E-state index in [0.29, 0.717) is 19.4 Å². The molecule has 0 bridgehead atoms. The Morgan fingerprint density at radius 3 is 2.38 bits per heavy atom. The molecule has 0 aromatic carbocycles. The van der Waals surface area contributed by atoms with E-state index < -0.39 is 17.5 Å². The van der Waals surface area contributed by atoms with Crippen LogP contribution in [-0.4, -0.2) is 54.2 Å². The van der Waals surface area contributed by atoms with Crippen LogP contribution in [0.4, 0.5) is 4.79 Å². The quantitative estimate of drug-likeness (QED) is 0.612. The monoisotopic (exact) mass is 229 g/mol. The summed E-state index contributed by atoms with van der Waals surface area (Å²) in [5, 5.41) is 14.1. The number of likely N-dealkylation sites (N-methyl/N-ethyl adjacent to an activating group) is 1. The van der Waals surface area contributed by atoms with Gasteiger partial charge in [0, 0.05) is 12.6 Å². The fourth-order valence-corrected chi connectivity index (χ4v) is 1.59. The molecule has 0 heterocycles. The second kappa shape index (κ2) is 4.69. The lowest BCUT2D eigenvalue weighted by atomic mass is 10.3. The first-order valence-corrected chi connectivity index (χ1v) is 5.32. The molecule has 6 nitrogen and oxygen atoms in total. The Bertz CT molecular complexity index is 287. The Balaban J connectivity index is 2.34. The Hall–Kier alpha value is -1.30. The van der Waals surface area contributed by atoms with Crippen LogP contribution in [-0.2, 0) is 4.79 Å². The molecular formula is C10H19N3O3. The van der Waals surface area contributed by atoms with Gasteiger partial charge in [-0.1, -0.05) is 0 Å². The number of carboxylic acids is 1. The predicted molar refractivity (Wildman–Crippen MR) is 59.3 cm³/mol. The summed E-state index contributed by atoms with van der Waals surface area (Å²) in [6, 6.07) is -0.422. The molecule has 6 heteroatoms. The minimum Gasteiger partial charge on any atom is -0.480 e. The molecule has 0 saturated heterocycles. The van der Waals surface area contributed by atoms with Crippen molar-refractivity contribution in [2.45, 2.75) is 31.3 Å². The van der Waals surface area contributed by atoms with Crippen LogP contribution in [0.15, 0.2) is 0 Å². The van der Waals surface area contributed by atoms with Crippen molar-refractivity contribution in [3.63, 3.8) is 0 Å². The van der Waals surface area contributed by atoms with E-state index in [1.807, 2.05) is 25.9 Å². The number of aliphatic carboxylic acids is 1. The zero-order valence-electron chi connectivity index (χ0n) is 9.91. The molecule has 1 atom stereocenters. The largest absolute Gasteiger partial charge is 0.480 e. The SMILES string of the molecule is CC(CN(C)C)NC(=O)NC1(C(=O)O)CC1. The lowest BCUT2D eigenvalue weighted by molar-refractivity contribution is -0.140. The van der Waals surface area contributed by atoms with E-state index in [0.717, 1.165) is 0 Å². The number of carboxylic acid groups (broad SMARTS) is 1. The van der Waals surface area contributed by atoms with Gasteiger partial charge >= 0.3 is 12.0 Å². The Morgan fingerprint density at radius 2 is 2.00 bits per heavy atom. The van der Waals surface area contributed by atoms with Crippen molar-refractivity contribution < 1.29 is 14.7 Å². The molecule has 2 amide bonds. The Labute approximate surface area is 95.0 Å². The van der Waals surface area contributed by atoms with E-state index in [2.05, 4.69) is 10.6 Å². The van der Waals surface area contributed by atoms with Gasteiger partial charge in [-0.25, -0.2) is 9.59 Å². The second-order valence-corrected chi connectivity index (χ2v) is 4.65. The van der Waals surface area contributed by atoms with Crippen molar-refractivity contribution in [3.8, 4) is 0 Å². The van der Waals surface area contributed by atoms with Crippen molar-refractivity contribution >= 4 is 12.0 Å². The highest BCUT2D eigenvalue weighted by Crippen LogP contribution is 2.35. The summed E-state index contributed by atoms with van der Waals surface area (Å²) in [5.74, 6) is -0.956. The first-order chi connectivity index (χ1) is 7.35. The molecule has 0 aromatic rings. The van der Waals surface area contributed by atoms with E-state index in [1.165, 1.54) is 0 Å². The standard InChI is InChI=1S/C10H19N3O3/c1-7(6-13(2)3)11-9(16)12-10(4-5-10)8(14)15/h7H,4-6H2,1-3H3,(H,14,15)(H2,11,12,16). The molecule has 0 spiro atoms. The number of carbonyl (C=O) groups excluding carboxylic acids is 1. The molecule has 0 radical (unpaired) electrons. The first-order valence-electron chi connectivity index (χ1n) is 5.32. The number of urea groups is 1. The zero-order valence-corrected chi connectivity index (χ0v) is 9.91. The lowest BCUT2D eigenvalue weighted by Gasteiger charge is -2.20. The van der Waals surface area contributed by atoms with E-state index in [4.69, 9.17) is 5.11 Å². The van der Waals surface area contributed by atoms with Crippen LogP contribution in [0.2, 0.25) is 0 Å². The summed E-state index contributed by atoms with van der Waals surface area (Å²) in [4.78, 5) is 24.3. The number of nitrogens with one attached hydrogen (secondary N) is 2. The van der Waals surface area contributed by atoms with Gasteiger partial charge in [0.1, 0.15) is 5.54 Å². The fraction of sp³-hybridized carbons (Fsp3) is 0.800. The van der Waals surface area contributed by atoms with Crippen LogP contribution < -0.4 is 10.6 Å². The van der Waals surface area contributed by atoms with Gasteiger partial charge in [-0.3, -0.25) is 0 Å². The molecule has 16 heavy (non-hydrogen) atoms. The van der Waals surface area contributed by atoms with Gasteiger partial charge in [-0.2, -0.15) is 0 Å². The van der Waals surface area contributed by atoms with Crippen molar-refractivity contribution in [1.82, 2.24) is 15.5 Å². The summed E-state index contributed by atoms with van der Waals surface area (Å²) in [5.41, 5.74) is -1.01. The zero-order chi connectivity index (χ0) is 12.3. The van der Waals surface area contributed by atoms with E-state index >= 15 is 0 Å². The van der Waals surface area contributed by atoms with Crippen LogP contribution >= 0.6 is 0 Å². The number of nitrogens with zero attached hydrogens (tertiary/aromatic N) is 1. The molecule has 3 N–H and O–H groups in total. The van der Waals surface area contributed by atoms with Gasteiger partial charge in [-0.05, 0) is 33.9 Å². The molecule has 1 saturated carbocycles. The maximum atomic E-state index is 11.5. The van der Waals surface area contributed by atoms with E-state index in [9.17, 15) is 9.59 Å². The highest BCUT2D eigenvalue weighted by atomic mass is 16.4. The summed E-state index contributed by atoms with van der Waals surface area (Å²) in [7, 11) is 3.82. The summed E-state index contributed by atoms with van der Waals surface area (Å²) >= 11 is 0. The highest BCUT2D eigenvalue weighted by Gasteiger charge is 2.51. The number of rotatable bonds is 5. The van der Waals surface area contributed by atoms with Gasteiger partial charge in [0.2, 0.25) is 0 Å². The molecule has 1 unspecified atom stereocenters. The molecular weight excluding hydrogens is 210 g/mol.